The van der Waals surface area contributed by atoms with E-state index in [1.54, 1.807) is 53.5 Å². The molecule has 0 radical (unpaired) electrons. The first-order valence-corrected chi connectivity index (χ1v) is 9.37. The first-order chi connectivity index (χ1) is 13.7. The number of carbonyl (C=O) groups excluding carboxylic acids is 1. The number of ether oxygens (including phenoxy) is 2. The minimum Gasteiger partial charge on any atom is -0.491 e. The number of rotatable bonds is 6. The van der Waals surface area contributed by atoms with Gasteiger partial charge in [0, 0.05) is 17.2 Å². The van der Waals surface area contributed by atoms with Crippen molar-refractivity contribution in [3.8, 4) is 11.4 Å². The molecule has 0 aliphatic carbocycles. The van der Waals surface area contributed by atoms with E-state index in [0.29, 0.717) is 34.3 Å². The molecule has 4 rings (SSSR count). The lowest BCUT2D eigenvalue weighted by molar-refractivity contribution is 0.0679. The van der Waals surface area contributed by atoms with Gasteiger partial charge in [0.1, 0.15) is 25.0 Å². The fourth-order valence-electron chi connectivity index (χ4n) is 3.00. The molecule has 28 heavy (non-hydrogen) atoms. The van der Waals surface area contributed by atoms with Crippen LogP contribution in [0, 0.1) is 0 Å². The molecule has 1 aromatic heterocycles. The largest absolute Gasteiger partial charge is 0.491 e. The molecule has 1 aliphatic heterocycles. The summed E-state index contributed by atoms with van der Waals surface area (Å²) in [6.45, 7) is 1.32. The summed E-state index contributed by atoms with van der Waals surface area (Å²) in [5.41, 5.74) is 1.72. The van der Waals surface area contributed by atoms with Gasteiger partial charge in [-0.3, -0.25) is 4.79 Å². The Morgan fingerprint density at radius 1 is 1.29 bits per heavy atom. The van der Waals surface area contributed by atoms with Gasteiger partial charge in [-0.1, -0.05) is 11.6 Å². The Balaban J connectivity index is 1.44. The van der Waals surface area contributed by atoms with E-state index in [-0.39, 0.29) is 12.0 Å². The van der Waals surface area contributed by atoms with E-state index in [9.17, 15) is 4.79 Å². The summed E-state index contributed by atoms with van der Waals surface area (Å²) in [5.74, 6) is 0.451. The van der Waals surface area contributed by atoms with E-state index in [1.165, 1.54) is 6.33 Å². The van der Waals surface area contributed by atoms with Gasteiger partial charge in [-0.2, -0.15) is 5.10 Å². The van der Waals surface area contributed by atoms with Crippen LogP contribution < -0.4 is 10.1 Å². The third-order valence-electron chi connectivity index (χ3n) is 4.45. The van der Waals surface area contributed by atoms with Crippen molar-refractivity contribution >= 4 is 23.2 Å². The van der Waals surface area contributed by atoms with Crippen molar-refractivity contribution in [3.63, 3.8) is 0 Å². The van der Waals surface area contributed by atoms with Crippen molar-refractivity contribution in [1.29, 1.82) is 0 Å². The summed E-state index contributed by atoms with van der Waals surface area (Å²) in [7, 11) is 0. The second-order valence-electron chi connectivity index (χ2n) is 6.43. The molecule has 3 aromatic rings. The van der Waals surface area contributed by atoms with Crippen LogP contribution in [0.5, 0.6) is 5.75 Å². The lowest BCUT2D eigenvalue weighted by Gasteiger charge is -2.13. The highest BCUT2D eigenvalue weighted by molar-refractivity contribution is 6.31. The molecule has 0 spiro atoms. The summed E-state index contributed by atoms with van der Waals surface area (Å²) >= 11 is 6.09. The molecule has 8 heteroatoms. The summed E-state index contributed by atoms with van der Waals surface area (Å²) in [6, 6.07) is 12.2. The summed E-state index contributed by atoms with van der Waals surface area (Å²) in [4.78, 5) is 16.6. The van der Waals surface area contributed by atoms with Crippen LogP contribution >= 0.6 is 11.6 Å². The zero-order valence-corrected chi connectivity index (χ0v) is 15.8. The van der Waals surface area contributed by atoms with Gasteiger partial charge in [-0.05, 0) is 55.3 Å². The molecule has 1 saturated heterocycles. The molecule has 7 nitrogen and oxygen atoms in total. The number of benzene rings is 2. The van der Waals surface area contributed by atoms with Gasteiger partial charge in [-0.15, -0.1) is 0 Å². The number of hydrogen-bond donors (Lipinski definition) is 1. The fraction of sp³-hybridized carbons (Fsp3) is 0.250. The second-order valence-corrected chi connectivity index (χ2v) is 6.86. The fourth-order valence-corrected chi connectivity index (χ4v) is 3.17. The zero-order chi connectivity index (χ0) is 19.3. The molecule has 0 saturated carbocycles. The Morgan fingerprint density at radius 3 is 2.86 bits per heavy atom. The number of amides is 1. The minimum absolute atomic E-state index is 0.154. The van der Waals surface area contributed by atoms with Gasteiger partial charge in [0.05, 0.1) is 17.5 Å². The monoisotopic (exact) mass is 398 g/mol. The Bertz CT molecular complexity index is 939. The highest BCUT2D eigenvalue weighted by atomic mass is 35.5. The molecule has 144 valence electrons. The molecule has 0 bridgehead atoms. The summed E-state index contributed by atoms with van der Waals surface area (Å²) in [6.07, 6.45) is 5.23. The maximum Gasteiger partial charge on any atom is 0.255 e. The SMILES string of the molecule is O=C(Nc1cc(Cl)ccc1-n1cncn1)c1ccc(OC[C@H]2CCCO2)cc1. The van der Waals surface area contributed by atoms with E-state index < -0.39 is 0 Å². The van der Waals surface area contributed by atoms with Crippen molar-refractivity contribution in [2.75, 3.05) is 18.5 Å². The van der Waals surface area contributed by atoms with E-state index in [1.807, 2.05) is 0 Å². The number of aromatic nitrogens is 3. The summed E-state index contributed by atoms with van der Waals surface area (Å²) < 4.78 is 12.8. The second kappa shape index (κ2) is 8.41. The van der Waals surface area contributed by atoms with E-state index >= 15 is 0 Å². The van der Waals surface area contributed by atoms with E-state index in [0.717, 1.165) is 19.4 Å². The van der Waals surface area contributed by atoms with Crippen LogP contribution in [0.3, 0.4) is 0 Å². The lowest BCUT2D eigenvalue weighted by atomic mass is 10.2. The molecule has 2 heterocycles. The third kappa shape index (κ3) is 4.32. The van der Waals surface area contributed by atoms with Crippen molar-refractivity contribution < 1.29 is 14.3 Å². The van der Waals surface area contributed by atoms with Crippen LogP contribution in [-0.2, 0) is 4.74 Å². The zero-order valence-electron chi connectivity index (χ0n) is 15.0. The number of hydrogen-bond acceptors (Lipinski definition) is 5. The van der Waals surface area contributed by atoms with Gasteiger partial charge in [-0.25, -0.2) is 9.67 Å². The molecule has 1 fully saturated rings. The maximum atomic E-state index is 12.7. The topological polar surface area (TPSA) is 78.3 Å². The average molecular weight is 399 g/mol. The van der Waals surface area contributed by atoms with Gasteiger partial charge < -0.3 is 14.8 Å². The van der Waals surface area contributed by atoms with Crippen molar-refractivity contribution in [3.05, 3.63) is 65.7 Å². The van der Waals surface area contributed by atoms with Crippen molar-refractivity contribution in [1.82, 2.24) is 14.8 Å². The molecular formula is C20H19ClN4O3. The smallest absolute Gasteiger partial charge is 0.255 e. The standard InChI is InChI=1S/C20H19ClN4O3/c21-15-5-8-19(25-13-22-12-23-25)18(10-15)24-20(26)14-3-6-16(7-4-14)28-11-17-2-1-9-27-17/h3-8,10,12-13,17H,1-2,9,11H2,(H,24,26)/t17-/m1/s1. The van der Waals surface area contributed by atoms with Crippen molar-refractivity contribution in [2.24, 2.45) is 0 Å². The number of anilines is 1. The van der Waals surface area contributed by atoms with Crippen LogP contribution in [0.4, 0.5) is 5.69 Å². The summed E-state index contributed by atoms with van der Waals surface area (Å²) in [5, 5.41) is 7.50. The maximum absolute atomic E-state index is 12.7. The first kappa shape index (κ1) is 18.5. The first-order valence-electron chi connectivity index (χ1n) is 8.99. The Hall–Kier alpha value is -2.90. The van der Waals surface area contributed by atoms with Gasteiger partial charge >= 0.3 is 0 Å². The lowest BCUT2D eigenvalue weighted by Crippen LogP contribution is -2.16. The van der Waals surface area contributed by atoms with Crippen LogP contribution in [0.2, 0.25) is 5.02 Å². The molecular weight excluding hydrogens is 380 g/mol. The van der Waals surface area contributed by atoms with Crippen LogP contribution in [-0.4, -0.2) is 40.0 Å². The van der Waals surface area contributed by atoms with E-state index in [4.69, 9.17) is 21.1 Å². The predicted octanol–water partition coefficient (Wildman–Crippen LogP) is 3.73. The Labute approximate surface area is 167 Å². The quantitative estimate of drug-likeness (QED) is 0.684. The number of carbonyl (C=O) groups is 1. The van der Waals surface area contributed by atoms with Crippen LogP contribution in [0.25, 0.3) is 5.69 Å². The van der Waals surface area contributed by atoms with E-state index in [2.05, 4.69) is 15.4 Å². The van der Waals surface area contributed by atoms with Gasteiger partial charge in [0.2, 0.25) is 0 Å². The molecule has 1 N–H and O–H groups in total. The number of nitrogens with one attached hydrogen (secondary N) is 1. The predicted molar refractivity (Wildman–Crippen MR) is 105 cm³/mol. The number of halogens is 1. The molecule has 0 unspecified atom stereocenters. The molecule has 1 amide bonds. The molecule has 1 aliphatic rings. The highest BCUT2D eigenvalue weighted by Gasteiger charge is 2.16. The molecule has 2 aromatic carbocycles. The minimum atomic E-state index is -0.255. The average Bonchev–Trinajstić information content (AvgIpc) is 3.41. The van der Waals surface area contributed by atoms with Crippen LogP contribution in [0.1, 0.15) is 23.2 Å². The molecule has 1 atom stereocenters. The number of nitrogens with zero attached hydrogens (tertiary/aromatic N) is 3. The van der Waals surface area contributed by atoms with Gasteiger partial charge in [0.25, 0.3) is 5.91 Å². The van der Waals surface area contributed by atoms with Crippen molar-refractivity contribution in [2.45, 2.75) is 18.9 Å². The van der Waals surface area contributed by atoms with Crippen LogP contribution in [0.15, 0.2) is 55.1 Å². The highest BCUT2D eigenvalue weighted by Crippen LogP contribution is 2.25. The third-order valence-corrected chi connectivity index (χ3v) is 4.68. The normalized spacial score (nSPS) is 16.1. The Morgan fingerprint density at radius 2 is 2.14 bits per heavy atom. The van der Waals surface area contributed by atoms with Gasteiger partial charge in [0.15, 0.2) is 0 Å². The Kier molecular flexibility index (Phi) is 5.55.